The van der Waals surface area contributed by atoms with E-state index in [9.17, 15) is 18.0 Å². The Hall–Kier alpha value is -1.76. The van der Waals surface area contributed by atoms with E-state index in [2.05, 4.69) is 0 Å². The Balaban J connectivity index is 1.73. The van der Waals surface area contributed by atoms with E-state index in [1.54, 1.807) is 11.9 Å². The number of likely N-dealkylation sites (tertiary alicyclic amines) is 1. The molecule has 0 aliphatic carbocycles. The van der Waals surface area contributed by atoms with Crippen molar-refractivity contribution in [2.45, 2.75) is 25.9 Å². The zero-order valence-corrected chi connectivity index (χ0v) is 14.7. The van der Waals surface area contributed by atoms with Crippen LogP contribution in [0.1, 0.15) is 18.4 Å². The smallest absolute Gasteiger partial charge is 0.393 e. The van der Waals surface area contributed by atoms with Crippen molar-refractivity contribution in [3.05, 3.63) is 29.8 Å². The predicted molar refractivity (Wildman–Crippen MR) is 89.5 cm³/mol. The molecule has 25 heavy (non-hydrogen) atoms. The Labute approximate surface area is 146 Å². The van der Waals surface area contributed by atoms with Gasteiger partial charge in [0.1, 0.15) is 12.4 Å². The number of halogens is 3. The van der Waals surface area contributed by atoms with Gasteiger partial charge in [0.15, 0.2) is 0 Å². The number of ether oxygens (including phenoxy) is 1. The second kappa shape index (κ2) is 8.56. The molecule has 0 spiro atoms. The lowest BCUT2D eigenvalue weighted by Gasteiger charge is -2.34. The van der Waals surface area contributed by atoms with E-state index >= 15 is 0 Å². The molecule has 7 heteroatoms. The number of amides is 1. The van der Waals surface area contributed by atoms with Crippen LogP contribution in [0.5, 0.6) is 5.75 Å². The summed E-state index contributed by atoms with van der Waals surface area (Å²) in [6.07, 6.45) is -3.73. The van der Waals surface area contributed by atoms with E-state index in [1.165, 1.54) is 4.90 Å². The fourth-order valence-electron chi connectivity index (χ4n) is 2.83. The second-order valence-corrected chi connectivity index (χ2v) is 6.62. The first-order valence-electron chi connectivity index (χ1n) is 8.48. The maximum Gasteiger partial charge on any atom is 0.393 e. The molecule has 140 valence electrons. The van der Waals surface area contributed by atoms with E-state index in [0.29, 0.717) is 26.1 Å². The van der Waals surface area contributed by atoms with Crippen molar-refractivity contribution in [2.75, 3.05) is 39.8 Å². The molecule has 2 rings (SSSR count). The SMILES string of the molecule is Cc1ccc(OCCN(C)CC(=O)N2CCCC(C(F)(F)F)C2)cc1. The Kier molecular flexibility index (Phi) is 6.70. The van der Waals surface area contributed by atoms with Crippen LogP contribution in [0.15, 0.2) is 24.3 Å². The molecule has 1 aliphatic heterocycles. The third-order valence-corrected chi connectivity index (χ3v) is 4.40. The van der Waals surface area contributed by atoms with Crippen LogP contribution in [0, 0.1) is 12.8 Å². The third kappa shape index (κ3) is 6.23. The number of nitrogens with zero attached hydrogens (tertiary/aromatic N) is 2. The highest BCUT2D eigenvalue weighted by Gasteiger charge is 2.42. The van der Waals surface area contributed by atoms with Crippen molar-refractivity contribution < 1.29 is 22.7 Å². The average molecular weight is 358 g/mol. The average Bonchev–Trinajstić information content (AvgIpc) is 2.56. The van der Waals surface area contributed by atoms with Crippen molar-refractivity contribution in [3.8, 4) is 5.75 Å². The quantitative estimate of drug-likeness (QED) is 0.783. The van der Waals surface area contributed by atoms with Crippen molar-refractivity contribution in [2.24, 2.45) is 5.92 Å². The van der Waals surface area contributed by atoms with Gasteiger partial charge < -0.3 is 9.64 Å². The fourth-order valence-corrected chi connectivity index (χ4v) is 2.83. The maximum absolute atomic E-state index is 12.8. The molecule has 1 aliphatic rings. The molecule has 0 aromatic heterocycles. The highest BCUT2D eigenvalue weighted by Crippen LogP contribution is 2.33. The van der Waals surface area contributed by atoms with Gasteiger partial charge >= 0.3 is 6.18 Å². The maximum atomic E-state index is 12.8. The summed E-state index contributed by atoms with van der Waals surface area (Å²) in [6.45, 7) is 3.21. The van der Waals surface area contributed by atoms with Crippen molar-refractivity contribution in [1.82, 2.24) is 9.80 Å². The molecule has 4 nitrogen and oxygen atoms in total. The van der Waals surface area contributed by atoms with Crippen molar-refractivity contribution in [3.63, 3.8) is 0 Å². The standard InChI is InChI=1S/C18H25F3N2O2/c1-14-5-7-16(8-6-14)25-11-10-22(2)13-17(24)23-9-3-4-15(12-23)18(19,20)21/h5-8,15H,3-4,9-13H2,1-2H3. The summed E-state index contributed by atoms with van der Waals surface area (Å²) in [5, 5.41) is 0. The largest absolute Gasteiger partial charge is 0.492 e. The number of alkyl halides is 3. The van der Waals surface area contributed by atoms with Crippen molar-refractivity contribution in [1.29, 1.82) is 0 Å². The lowest BCUT2D eigenvalue weighted by atomic mass is 9.97. The summed E-state index contributed by atoms with van der Waals surface area (Å²) in [7, 11) is 1.77. The number of piperidine rings is 1. The van der Waals surface area contributed by atoms with Crippen LogP contribution >= 0.6 is 0 Å². The van der Waals surface area contributed by atoms with Crippen LogP contribution < -0.4 is 4.74 Å². The first-order chi connectivity index (χ1) is 11.8. The first-order valence-corrected chi connectivity index (χ1v) is 8.48. The zero-order valence-electron chi connectivity index (χ0n) is 14.7. The van der Waals surface area contributed by atoms with Crippen LogP contribution in [-0.4, -0.2) is 61.7 Å². The molecule has 1 unspecified atom stereocenters. The number of hydrogen-bond acceptors (Lipinski definition) is 3. The highest BCUT2D eigenvalue weighted by molar-refractivity contribution is 5.78. The van der Waals surface area contributed by atoms with Gasteiger partial charge in [-0.25, -0.2) is 0 Å². The summed E-state index contributed by atoms with van der Waals surface area (Å²) in [6, 6.07) is 7.67. The lowest BCUT2D eigenvalue weighted by molar-refractivity contribution is -0.188. The molecule has 1 saturated heterocycles. The second-order valence-electron chi connectivity index (χ2n) is 6.62. The summed E-state index contributed by atoms with van der Waals surface area (Å²) < 4.78 is 44.1. The van der Waals surface area contributed by atoms with Crippen LogP contribution in [-0.2, 0) is 4.79 Å². The van der Waals surface area contributed by atoms with E-state index < -0.39 is 12.1 Å². The van der Waals surface area contributed by atoms with E-state index in [1.807, 2.05) is 31.2 Å². The molecular formula is C18H25F3N2O2. The minimum atomic E-state index is -4.23. The van der Waals surface area contributed by atoms with Gasteiger partial charge in [0, 0.05) is 19.6 Å². The van der Waals surface area contributed by atoms with Crippen molar-refractivity contribution >= 4 is 5.91 Å². The molecular weight excluding hydrogens is 333 g/mol. The highest BCUT2D eigenvalue weighted by atomic mass is 19.4. The molecule has 1 aromatic carbocycles. The molecule has 1 aromatic rings. The monoisotopic (exact) mass is 358 g/mol. The number of benzene rings is 1. The van der Waals surface area contributed by atoms with Gasteiger partial charge in [0.05, 0.1) is 12.5 Å². The van der Waals surface area contributed by atoms with Gasteiger partial charge in [0.25, 0.3) is 0 Å². The minimum Gasteiger partial charge on any atom is -0.492 e. The number of rotatable bonds is 6. The first kappa shape index (κ1) is 19.6. The normalized spacial score (nSPS) is 18.5. The van der Waals surface area contributed by atoms with Gasteiger partial charge in [-0.05, 0) is 38.9 Å². The summed E-state index contributed by atoms with van der Waals surface area (Å²) in [5.41, 5.74) is 1.15. The summed E-state index contributed by atoms with van der Waals surface area (Å²) >= 11 is 0. The third-order valence-electron chi connectivity index (χ3n) is 4.40. The van der Waals surface area contributed by atoms with Gasteiger partial charge in [-0.2, -0.15) is 13.2 Å². The Morgan fingerprint density at radius 3 is 2.64 bits per heavy atom. The van der Waals surface area contributed by atoms with Crippen LogP contribution in [0.3, 0.4) is 0 Å². The topological polar surface area (TPSA) is 32.8 Å². The number of likely N-dealkylation sites (N-methyl/N-ethyl adjacent to an activating group) is 1. The summed E-state index contributed by atoms with van der Waals surface area (Å²) in [4.78, 5) is 15.3. The lowest BCUT2D eigenvalue weighted by Crippen LogP contribution is -2.47. The molecule has 1 amide bonds. The number of carbonyl (C=O) groups is 1. The van der Waals surface area contributed by atoms with E-state index in [0.717, 1.165) is 11.3 Å². The number of carbonyl (C=O) groups excluding carboxylic acids is 1. The molecule has 1 atom stereocenters. The summed E-state index contributed by atoms with van der Waals surface area (Å²) in [5.74, 6) is -0.901. The van der Waals surface area contributed by atoms with Gasteiger partial charge in [-0.15, -0.1) is 0 Å². The van der Waals surface area contributed by atoms with Crippen LogP contribution in [0.25, 0.3) is 0 Å². The van der Waals surface area contributed by atoms with Crippen LogP contribution in [0.2, 0.25) is 0 Å². The van der Waals surface area contributed by atoms with Crippen LogP contribution in [0.4, 0.5) is 13.2 Å². The molecule has 0 bridgehead atoms. The van der Waals surface area contributed by atoms with Gasteiger partial charge in [-0.1, -0.05) is 17.7 Å². The van der Waals surface area contributed by atoms with E-state index in [4.69, 9.17) is 4.74 Å². The predicted octanol–water partition coefficient (Wildman–Crippen LogP) is 3.11. The minimum absolute atomic E-state index is 0.0990. The zero-order chi connectivity index (χ0) is 18.4. The Morgan fingerprint density at radius 2 is 2.00 bits per heavy atom. The Bertz CT molecular complexity index is 560. The molecule has 0 N–H and O–H groups in total. The van der Waals surface area contributed by atoms with Gasteiger partial charge in [0.2, 0.25) is 5.91 Å². The Morgan fingerprint density at radius 1 is 1.32 bits per heavy atom. The molecule has 0 radical (unpaired) electrons. The van der Waals surface area contributed by atoms with Gasteiger partial charge in [-0.3, -0.25) is 9.69 Å². The molecule has 1 fully saturated rings. The molecule has 1 heterocycles. The fraction of sp³-hybridized carbons (Fsp3) is 0.611. The molecule has 0 saturated carbocycles. The van der Waals surface area contributed by atoms with E-state index in [-0.39, 0.29) is 25.4 Å². The number of hydrogen-bond donors (Lipinski definition) is 0. The number of aryl methyl sites for hydroxylation is 1.